The fourth-order valence-corrected chi connectivity index (χ4v) is 3.38. The number of rotatable bonds is 6. The summed E-state index contributed by atoms with van der Waals surface area (Å²) < 4.78 is 24.3. The summed E-state index contributed by atoms with van der Waals surface area (Å²) in [6.45, 7) is 5.02. The quantitative estimate of drug-likeness (QED) is 0.813. The number of carboxylic acids is 1. The van der Waals surface area contributed by atoms with Gasteiger partial charge in [-0.15, -0.1) is 0 Å². The minimum Gasteiger partial charge on any atom is -0.480 e. The predicted octanol–water partition coefficient (Wildman–Crippen LogP) is 2.16. The van der Waals surface area contributed by atoms with Crippen LogP contribution >= 0.6 is 0 Å². The maximum absolute atomic E-state index is 12.2. The Bertz CT molecular complexity index is 599. The van der Waals surface area contributed by atoms with Crippen molar-refractivity contribution in [3.63, 3.8) is 0 Å². The molecule has 0 radical (unpaired) electrons. The lowest BCUT2D eigenvalue weighted by molar-refractivity contribution is -0.136. The highest BCUT2D eigenvalue weighted by Gasteiger charge is 2.32. The van der Waals surface area contributed by atoms with Gasteiger partial charge in [0, 0.05) is 11.5 Å². The van der Waals surface area contributed by atoms with Gasteiger partial charge in [0.25, 0.3) is 0 Å². The largest absolute Gasteiger partial charge is 0.480 e. The van der Waals surface area contributed by atoms with Crippen LogP contribution in [0.1, 0.15) is 37.6 Å². The second-order valence-electron chi connectivity index (χ2n) is 4.82. The number of carbonyl (C=O) groups excluding carboxylic acids is 1. The zero-order chi connectivity index (χ0) is 15.5. The Labute approximate surface area is 118 Å². The summed E-state index contributed by atoms with van der Waals surface area (Å²) in [4.78, 5) is 22.7. The third-order valence-corrected chi connectivity index (χ3v) is 5.23. The number of sulfone groups is 1. The standard InChI is InChI=1S/C14H18O5S/c1-4-12(14(16)17)20(18,19)11-7-5-10(6-8-11)13(15)9(2)3/h5-9,12H,4H2,1-3H3,(H,16,17). The van der Waals surface area contributed by atoms with Gasteiger partial charge in [-0.05, 0) is 18.6 Å². The van der Waals surface area contributed by atoms with Gasteiger partial charge in [-0.25, -0.2) is 8.42 Å². The average Bonchev–Trinajstić information content (AvgIpc) is 2.37. The van der Waals surface area contributed by atoms with Gasteiger partial charge in [-0.1, -0.05) is 32.9 Å². The Balaban J connectivity index is 3.16. The number of carbonyl (C=O) groups is 2. The van der Waals surface area contributed by atoms with Crippen LogP contribution in [0, 0.1) is 5.92 Å². The molecule has 0 saturated carbocycles. The van der Waals surface area contributed by atoms with Gasteiger partial charge in [0.1, 0.15) is 0 Å². The summed E-state index contributed by atoms with van der Waals surface area (Å²) in [7, 11) is -3.92. The lowest BCUT2D eigenvalue weighted by Gasteiger charge is -2.12. The summed E-state index contributed by atoms with van der Waals surface area (Å²) in [6, 6.07) is 5.42. The Morgan fingerprint density at radius 2 is 1.65 bits per heavy atom. The summed E-state index contributed by atoms with van der Waals surface area (Å²) in [5, 5.41) is 7.49. The van der Waals surface area contributed by atoms with Crippen molar-refractivity contribution in [3.8, 4) is 0 Å². The molecule has 20 heavy (non-hydrogen) atoms. The highest BCUT2D eigenvalue weighted by atomic mass is 32.2. The maximum atomic E-state index is 12.2. The number of benzene rings is 1. The van der Waals surface area contributed by atoms with E-state index < -0.39 is 21.1 Å². The number of Topliss-reactive ketones (excluding diaryl/α,β-unsaturated/α-hetero) is 1. The minimum atomic E-state index is -3.92. The average molecular weight is 298 g/mol. The molecule has 1 aromatic rings. The van der Waals surface area contributed by atoms with E-state index in [1.807, 2.05) is 0 Å². The van der Waals surface area contributed by atoms with Crippen LogP contribution in [0.2, 0.25) is 0 Å². The van der Waals surface area contributed by atoms with E-state index in [2.05, 4.69) is 0 Å². The highest BCUT2D eigenvalue weighted by Crippen LogP contribution is 2.20. The van der Waals surface area contributed by atoms with Crippen molar-refractivity contribution < 1.29 is 23.1 Å². The first-order valence-electron chi connectivity index (χ1n) is 6.32. The Kier molecular flexibility index (Phi) is 5.05. The molecule has 0 amide bonds. The van der Waals surface area contributed by atoms with E-state index in [0.29, 0.717) is 5.56 Å². The number of hydrogen-bond donors (Lipinski definition) is 1. The van der Waals surface area contributed by atoms with Crippen molar-refractivity contribution in [2.45, 2.75) is 37.3 Å². The number of aliphatic carboxylic acids is 1. The molecule has 5 nitrogen and oxygen atoms in total. The molecule has 0 heterocycles. The monoisotopic (exact) mass is 298 g/mol. The molecule has 0 bridgehead atoms. The topological polar surface area (TPSA) is 88.5 Å². The van der Waals surface area contributed by atoms with E-state index in [0.717, 1.165) is 0 Å². The fourth-order valence-electron chi connectivity index (χ4n) is 1.83. The second-order valence-corrected chi connectivity index (χ2v) is 6.95. The van der Waals surface area contributed by atoms with Crippen molar-refractivity contribution in [1.82, 2.24) is 0 Å². The normalized spacial score (nSPS) is 13.2. The number of hydrogen-bond acceptors (Lipinski definition) is 4. The van der Waals surface area contributed by atoms with Gasteiger partial charge in [-0.3, -0.25) is 9.59 Å². The van der Waals surface area contributed by atoms with E-state index in [1.165, 1.54) is 31.2 Å². The molecule has 0 aliphatic rings. The number of ketones is 1. The van der Waals surface area contributed by atoms with Crippen LogP contribution < -0.4 is 0 Å². The first-order chi connectivity index (χ1) is 9.21. The lowest BCUT2D eigenvalue weighted by atomic mass is 10.0. The molecular formula is C14H18O5S. The summed E-state index contributed by atoms with van der Waals surface area (Å²) in [5.74, 6) is -1.63. The molecule has 1 N–H and O–H groups in total. The molecule has 0 saturated heterocycles. The van der Waals surface area contributed by atoms with Crippen LogP contribution in [0.4, 0.5) is 0 Å². The summed E-state index contributed by atoms with van der Waals surface area (Å²) in [5.41, 5.74) is 0.419. The molecule has 0 fully saturated rings. The molecule has 0 aliphatic heterocycles. The van der Waals surface area contributed by atoms with Crippen molar-refractivity contribution >= 4 is 21.6 Å². The van der Waals surface area contributed by atoms with Crippen LogP contribution in [0.3, 0.4) is 0 Å². The predicted molar refractivity (Wildman–Crippen MR) is 74.5 cm³/mol. The highest BCUT2D eigenvalue weighted by molar-refractivity contribution is 7.92. The molecule has 1 aromatic carbocycles. The van der Waals surface area contributed by atoms with E-state index >= 15 is 0 Å². The molecule has 0 aromatic heterocycles. The van der Waals surface area contributed by atoms with E-state index in [4.69, 9.17) is 5.11 Å². The Morgan fingerprint density at radius 3 is 2.00 bits per heavy atom. The van der Waals surface area contributed by atoms with E-state index in [1.54, 1.807) is 13.8 Å². The van der Waals surface area contributed by atoms with E-state index in [-0.39, 0.29) is 23.0 Å². The smallest absolute Gasteiger partial charge is 0.322 e. The van der Waals surface area contributed by atoms with Crippen LogP contribution in [-0.4, -0.2) is 30.5 Å². The van der Waals surface area contributed by atoms with Crippen LogP contribution in [0.5, 0.6) is 0 Å². The maximum Gasteiger partial charge on any atom is 0.322 e. The number of carboxylic acid groups (broad SMARTS) is 1. The van der Waals surface area contributed by atoms with Crippen molar-refractivity contribution in [3.05, 3.63) is 29.8 Å². The molecule has 6 heteroatoms. The zero-order valence-corrected chi connectivity index (χ0v) is 12.5. The third-order valence-electron chi connectivity index (χ3n) is 3.01. The third kappa shape index (κ3) is 3.25. The van der Waals surface area contributed by atoms with Gasteiger partial charge in [0.05, 0.1) is 4.90 Å². The molecule has 0 aliphatic carbocycles. The zero-order valence-electron chi connectivity index (χ0n) is 11.7. The van der Waals surface area contributed by atoms with Crippen LogP contribution in [-0.2, 0) is 14.6 Å². The Hall–Kier alpha value is -1.69. The van der Waals surface area contributed by atoms with Crippen molar-refractivity contribution in [2.75, 3.05) is 0 Å². The lowest BCUT2D eigenvalue weighted by Crippen LogP contribution is -2.29. The summed E-state index contributed by atoms with van der Waals surface area (Å²) in [6.07, 6.45) is -0.00958. The van der Waals surface area contributed by atoms with Gasteiger partial charge in [0.15, 0.2) is 20.9 Å². The van der Waals surface area contributed by atoms with Crippen LogP contribution in [0.15, 0.2) is 29.2 Å². The molecule has 110 valence electrons. The van der Waals surface area contributed by atoms with E-state index in [9.17, 15) is 18.0 Å². The van der Waals surface area contributed by atoms with Crippen molar-refractivity contribution in [1.29, 1.82) is 0 Å². The molecule has 1 atom stereocenters. The first-order valence-corrected chi connectivity index (χ1v) is 7.87. The SMILES string of the molecule is CCC(C(=O)O)S(=O)(=O)c1ccc(C(=O)C(C)C)cc1. The van der Waals surface area contributed by atoms with Gasteiger partial charge < -0.3 is 5.11 Å². The van der Waals surface area contributed by atoms with Gasteiger partial charge >= 0.3 is 5.97 Å². The molecule has 1 unspecified atom stereocenters. The van der Waals surface area contributed by atoms with Gasteiger partial charge in [0.2, 0.25) is 0 Å². The van der Waals surface area contributed by atoms with Crippen LogP contribution in [0.25, 0.3) is 0 Å². The summed E-state index contributed by atoms with van der Waals surface area (Å²) >= 11 is 0. The van der Waals surface area contributed by atoms with Gasteiger partial charge in [-0.2, -0.15) is 0 Å². The Morgan fingerprint density at radius 1 is 1.15 bits per heavy atom. The van der Waals surface area contributed by atoms with Crippen molar-refractivity contribution in [2.24, 2.45) is 5.92 Å². The minimum absolute atomic E-state index is 0.00958. The molecule has 0 spiro atoms. The second kappa shape index (κ2) is 6.17. The molecule has 1 rings (SSSR count). The fraction of sp³-hybridized carbons (Fsp3) is 0.429. The first kappa shape index (κ1) is 16.4. The molecular weight excluding hydrogens is 280 g/mol.